The van der Waals surface area contributed by atoms with Gasteiger partial charge in [0.25, 0.3) is 5.78 Å². The van der Waals surface area contributed by atoms with Crippen LogP contribution >= 0.6 is 0 Å². The Bertz CT molecular complexity index is 968. The minimum atomic E-state index is -0.477. The Balaban J connectivity index is 1.41. The van der Waals surface area contributed by atoms with Crippen molar-refractivity contribution < 1.29 is 28.7 Å². The van der Waals surface area contributed by atoms with Crippen molar-refractivity contribution in [2.75, 3.05) is 31.9 Å². The van der Waals surface area contributed by atoms with Crippen molar-refractivity contribution in [3.63, 3.8) is 0 Å². The zero-order valence-electron chi connectivity index (χ0n) is 16.3. The van der Waals surface area contributed by atoms with E-state index in [0.717, 1.165) is 25.1 Å². The Morgan fingerprint density at radius 1 is 1.07 bits per heavy atom. The molecule has 1 aliphatic carbocycles. The van der Waals surface area contributed by atoms with Crippen molar-refractivity contribution in [2.24, 2.45) is 0 Å². The lowest BCUT2D eigenvalue weighted by atomic mass is 10.1. The van der Waals surface area contributed by atoms with E-state index < -0.39 is 11.7 Å². The van der Waals surface area contributed by atoms with Crippen LogP contribution in [0.3, 0.4) is 0 Å². The fourth-order valence-corrected chi connectivity index (χ4v) is 4.02. The lowest BCUT2D eigenvalue weighted by Gasteiger charge is -2.26. The van der Waals surface area contributed by atoms with Gasteiger partial charge in [-0.3, -0.25) is 14.5 Å². The second-order valence-electron chi connectivity index (χ2n) is 7.69. The fraction of sp³-hybridized carbons (Fsp3) is 0.364. The molecule has 7 nitrogen and oxygen atoms in total. The number of ether oxygens (including phenoxy) is 3. The lowest BCUT2D eigenvalue weighted by Crippen LogP contribution is -3.13. The summed E-state index contributed by atoms with van der Waals surface area (Å²) in [5, 5.41) is 0. The topological polar surface area (TPSA) is 69.5 Å². The smallest absolute Gasteiger partial charge is 0.303 e. The molecule has 0 spiro atoms. The number of carbonyl (C=O) groups excluding carboxylic acids is 2. The number of nitrogens with one attached hydrogen (secondary N) is 1. The van der Waals surface area contributed by atoms with E-state index in [-0.39, 0.29) is 0 Å². The SMILES string of the molecule is COc1ccc(C[NH+](CN2C(=O)C(=O)c3cc4c(cc32)OCCO4)C2CC2)cc1. The summed E-state index contributed by atoms with van der Waals surface area (Å²) in [5.41, 5.74) is 2.20. The van der Waals surface area contributed by atoms with Crippen molar-refractivity contribution in [2.45, 2.75) is 25.4 Å². The van der Waals surface area contributed by atoms with Gasteiger partial charge in [-0.2, -0.15) is 0 Å². The van der Waals surface area contributed by atoms with E-state index in [9.17, 15) is 9.59 Å². The summed E-state index contributed by atoms with van der Waals surface area (Å²) in [7, 11) is 1.65. The Kier molecular flexibility index (Phi) is 4.39. The summed E-state index contributed by atoms with van der Waals surface area (Å²) in [5.74, 6) is 0.989. The van der Waals surface area contributed by atoms with Gasteiger partial charge in [0.2, 0.25) is 0 Å². The Morgan fingerprint density at radius 3 is 2.41 bits per heavy atom. The number of ketones is 1. The molecule has 5 rings (SSSR count). The Morgan fingerprint density at radius 2 is 1.76 bits per heavy atom. The number of fused-ring (bicyclic) bond motifs is 2. The maximum atomic E-state index is 12.8. The van der Waals surface area contributed by atoms with Crippen LogP contribution < -0.4 is 24.0 Å². The van der Waals surface area contributed by atoms with Crippen LogP contribution in [0.15, 0.2) is 36.4 Å². The summed E-state index contributed by atoms with van der Waals surface area (Å²) < 4.78 is 16.5. The lowest BCUT2D eigenvalue weighted by molar-refractivity contribution is -0.923. The third kappa shape index (κ3) is 3.31. The summed E-state index contributed by atoms with van der Waals surface area (Å²) in [6, 6.07) is 11.9. The molecule has 3 aliphatic rings. The maximum absolute atomic E-state index is 12.8. The zero-order chi connectivity index (χ0) is 20.0. The van der Waals surface area contributed by atoms with E-state index in [1.54, 1.807) is 24.1 Å². The molecule has 7 heteroatoms. The molecule has 150 valence electrons. The number of rotatable bonds is 6. The van der Waals surface area contributed by atoms with Crippen molar-refractivity contribution in [1.82, 2.24) is 0 Å². The number of carbonyl (C=O) groups is 2. The van der Waals surface area contributed by atoms with Crippen LogP contribution in [0.4, 0.5) is 5.69 Å². The number of amides is 1. The summed E-state index contributed by atoms with van der Waals surface area (Å²) in [6.45, 7) is 2.14. The van der Waals surface area contributed by atoms with E-state index >= 15 is 0 Å². The monoisotopic (exact) mass is 395 g/mol. The van der Waals surface area contributed by atoms with E-state index in [0.29, 0.717) is 48.7 Å². The van der Waals surface area contributed by atoms with Gasteiger partial charge in [0.15, 0.2) is 18.2 Å². The quantitative estimate of drug-likeness (QED) is 0.745. The van der Waals surface area contributed by atoms with E-state index in [4.69, 9.17) is 14.2 Å². The molecule has 1 atom stereocenters. The van der Waals surface area contributed by atoms with Gasteiger partial charge < -0.3 is 19.1 Å². The molecule has 0 aromatic heterocycles. The molecule has 2 aliphatic heterocycles. The zero-order valence-corrected chi connectivity index (χ0v) is 16.3. The number of quaternary nitrogens is 1. The predicted molar refractivity (Wildman–Crippen MR) is 105 cm³/mol. The molecule has 29 heavy (non-hydrogen) atoms. The van der Waals surface area contributed by atoms with Crippen LogP contribution in [0.25, 0.3) is 0 Å². The minimum Gasteiger partial charge on any atom is -0.497 e. The van der Waals surface area contributed by atoms with Gasteiger partial charge in [0, 0.05) is 24.5 Å². The second kappa shape index (κ2) is 7.08. The number of hydrogen-bond donors (Lipinski definition) is 1. The first kappa shape index (κ1) is 18.0. The third-order valence-corrected chi connectivity index (χ3v) is 5.74. The van der Waals surface area contributed by atoms with Crippen molar-refractivity contribution in [3.8, 4) is 17.2 Å². The molecular formula is C22H23N2O5+. The molecule has 2 aromatic carbocycles. The molecule has 1 saturated carbocycles. The largest absolute Gasteiger partial charge is 0.497 e. The highest BCUT2D eigenvalue weighted by molar-refractivity contribution is 6.52. The standard InChI is InChI=1S/C22H22N2O5/c1-27-16-6-2-14(3-7-16)12-23(15-4-5-15)13-24-18-11-20-19(28-8-9-29-20)10-17(18)21(25)22(24)26/h2-3,6-7,10-11,15H,4-5,8-9,12-13H2,1H3/p+1. The summed E-state index contributed by atoms with van der Waals surface area (Å²) in [6.07, 6.45) is 2.27. The van der Waals surface area contributed by atoms with Gasteiger partial charge in [-0.25, -0.2) is 0 Å². The first-order valence-electron chi connectivity index (χ1n) is 9.91. The number of nitrogens with zero attached hydrogens (tertiary/aromatic N) is 1. The van der Waals surface area contributed by atoms with Crippen molar-refractivity contribution in [1.29, 1.82) is 0 Å². The molecule has 0 radical (unpaired) electrons. The van der Waals surface area contributed by atoms with Crippen LogP contribution in [0.5, 0.6) is 17.2 Å². The first-order valence-corrected chi connectivity index (χ1v) is 9.91. The van der Waals surface area contributed by atoms with Crippen LogP contribution in [-0.4, -0.2) is 44.7 Å². The molecule has 1 N–H and O–H groups in total. The van der Waals surface area contributed by atoms with E-state index in [2.05, 4.69) is 0 Å². The van der Waals surface area contributed by atoms with Crippen LogP contribution in [0.1, 0.15) is 28.8 Å². The summed E-state index contributed by atoms with van der Waals surface area (Å²) >= 11 is 0. The van der Waals surface area contributed by atoms with Gasteiger partial charge in [0.1, 0.15) is 25.5 Å². The molecule has 0 bridgehead atoms. The number of benzene rings is 2. The van der Waals surface area contributed by atoms with Crippen molar-refractivity contribution in [3.05, 3.63) is 47.5 Å². The van der Waals surface area contributed by atoms with E-state index in [1.807, 2.05) is 24.3 Å². The van der Waals surface area contributed by atoms with Gasteiger partial charge >= 0.3 is 5.91 Å². The molecule has 2 aromatic rings. The highest BCUT2D eigenvalue weighted by Crippen LogP contribution is 2.40. The highest BCUT2D eigenvalue weighted by atomic mass is 16.6. The van der Waals surface area contributed by atoms with Gasteiger partial charge in [0.05, 0.1) is 24.4 Å². The maximum Gasteiger partial charge on any atom is 0.303 e. The highest BCUT2D eigenvalue weighted by Gasteiger charge is 2.42. The minimum absolute atomic E-state index is 0.402. The van der Waals surface area contributed by atoms with Gasteiger partial charge in [-0.15, -0.1) is 0 Å². The van der Waals surface area contributed by atoms with Crippen LogP contribution in [0, 0.1) is 0 Å². The first-order chi connectivity index (χ1) is 14.1. The molecule has 1 unspecified atom stereocenters. The molecule has 2 heterocycles. The molecule has 0 saturated heterocycles. The van der Waals surface area contributed by atoms with E-state index in [1.165, 1.54) is 10.5 Å². The van der Waals surface area contributed by atoms with Crippen molar-refractivity contribution >= 4 is 17.4 Å². The van der Waals surface area contributed by atoms with Crippen LogP contribution in [-0.2, 0) is 11.3 Å². The number of anilines is 1. The average Bonchev–Trinajstić information content (AvgIpc) is 3.57. The Labute approximate surface area is 168 Å². The molecular weight excluding hydrogens is 372 g/mol. The molecule has 1 fully saturated rings. The Hall–Kier alpha value is -3.06. The molecule has 1 amide bonds. The van der Waals surface area contributed by atoms with Gasteiger partial charge in [-0.1, -0.05) is 0 Å². The third-order valence-electron chi connectivity index (χ3n) is 5.74. The second-order valence-corrected chi connectivity index (χ2v) is 7.69. The van der Waals surface area contributed by atoms with Crippen LogP contribution in [0.2, 0.25) is 0 Å². The normalized spacial score (nSPS) is 18.6. The summed E-state index contributed by atoms with van der Waals surface area (Å²) in [4.78, 5) is 28.2. The number of hydrogen-bond acceptors (Lipinski definition) is 5. The average molecular weight is 395 g/mol. The fourth-order valence-electron chi connectivity index (χ4n) is 4.02. The number of methoxy groups -OCH3 is 1. The predicted octanol–water partition coefficient (Wildman–Crippen LogP) is 1.20. The number of Topliss-reactive ketones (excluding diaryl/α,β-unsaturated/α-hetero) is 1. The van der Waals surface area contributed by atoms with Gasteiger partial charge in [-0.05, 0) is 30.3 Å².